The van der Waals surface area contributed by atoms with Crippen LogP contribution in [0.2, 0.25) is 0 Å². The minimum atomic E-state index is -1.26. The lowest BCUT2D eigenvalue weighted by Gasteiger charge is -2.40. The standard InChI is InChI=1S/C40H69N5O6/c1-5-6-23-40(24-20-33-16-11-8-12-17-33,42-39(49)44-27-21-35(22-28-44)51-30-50-4)38(48)43-45(26-13-25-41)37(47)36(31(2)3)29-34(46)19-18-32-14-9-7-10-15-32/h8,11-12,16-17,31-32,34-36,46H,5-7,9-10,13-15,18-30,41H2,1-4H3,(H,42,49)(H,43,48)/t34-,36-,40+/m0/s1. The summed E-state index contributed by atoms with van der Waals surface area (Å²) in [5.74, 6) is -0.489. The van der Waals surface area contributed by atoms with Crippen molar-refractivity contribution in [2.45, 2.75) is 141 Å². The summed E-state index contributed by atoms with van der Waals surface area (Å²) in [6.45, 7) is 7.88. The van der Waals surface area contributed by atoms with Crippen molar-refractivity contribution in [2.24, 2.45) is 23.5 Å². The van der Waals surface area contributed by atoms with Crippen LogP contribution in [0.15, 0.2) is 30.3 Å². The number of hydrogen-bond acceptors (Lipinski definition) is 7. The van der Waals surface area contributed by atoms with Crippen molar-refractivity contribution >= 4 is 17.8 Å². The molecule has 5 N–H and O–H groups in total. The van der Waals surface area contributed by atoms with Gasteiger partial charge in [-0.3, -0.25) is 20.0 Å². The molecular weight excluding hydrogens is 646 g/mol. The van der Waals surface area contributed by atoms with E-state index in [-0.39, 0.29) is 37.3 Å². The normalized spacial score (nSPS) is 18.2. The van der Waals surface area contributed by atoms with E-state index >= 15 is 0 Å². The van der Waals surface area contributed by atoms with Crippen molar-refractivity contribution in [1.82, 2.24) is 20.7 Å². The Bertz CT molecular complexity index is 1140. The predicted octanol–water partition coefficient (Wildman–Crippen LogP) is 5.94. The fourth-order valence-corrected chi connectivity index (χ4v) is 7.56. The van der Waals surface area contributed by atoms with Crippen LogP contribution in [0.5, 0.6) is 0 Å². The van der Waals surface area contributed by atoms with Gasteiger partial charge in [-0.15, -0.1) is 0 Å². The zero-order chi connectivity index (χ0) is 37.1. The first kappa shape index (κ1) is 42.7. The maximum atomic E-state index is 14.7. The van der Waals surface area contributed by atoms with Crippen LogP contribution in [0, 0.1) is 17.8 Å². The number of aryl methyl sites for hydroxylation is 1. The highest BCUT2D eigenvalue weighted by atomic mass is 16.7. The van der Waals surface area contributed by atoms with Crippen molar-refractivity contribution in [3.8, 4) is 0 Å². The third kappa shape index (κ3) is 14.3. The van der Waals surface area contributed by atoms with Crippen LogP contribution >= 0.6 is 0 Å². The van der Waals surface area contributed by atoms with Crippen LogP contribution in [-0.2, 0) is 25.5 Å². The molecule has 1 heterocycles. The Morgan fingerprint density at radius 2 is 1.75 bits per heavy atom. The molecule has 1 aromatic carbocycles. The molecule has 51 heavy (non-hydrogen) atoms. The van der Waals surface area contributed by atoms with Gasteiger partial charge in [0.2, 0.25) is 5.91 Å². The van der Waals surface area contributed by atoms with Crippen molar-refractivity contribution in [1.29, 1.82) is 0 Å². The van der Waals surface area contributed by atoms with Gasteiger partial charge in [-0.05, 0) is 81.7 Å². The van der Waals surface area contributed by atoms with Crippen LogP contribution in [-0.4, -0.2) is 90.7 Å². The number of aliphatic hydroxyl groups excluding tert-OH is 1. The number of nitrogens with one attached hydrogen (secondary N) is 2. The lowest BCUT2D eigenvalue weighted by atomic mass is 9.83. The highest BCUT2D eigenvalue weighted by Gasteiger charge is 2.42. The SMILES string of the molecule is CCCC[C@](CCc1ccccc1)(NC(=O)N1CCC(OCOC)CC1)C(=O)NN(CCCN)C(=O)[C@@H](C[C@@H](O)CCC1CCCCC1)C(C)C. The molecule has 0 radical (unpaired) electrons. The molecule has 3 atom stereocenters. The lowest BCUT2D eigenvalue weighted by molar-refractivity contribution is -0.149. The van der Waals surface area contributed by atoms with Crippen LogP contribution in [0.3, 0.4) is 0 Å². The number of benzene rings is 1. The van der Waals surface area contributed by atoms with Crippen molar-refractivity contribution in [2.75, 3.05) is 40.1 Å². The van der Waals surface area contributed by atoms with Gasteiger partial charge in [0.15, 0.2) is 0 Å². The number of rotatable bonds is 21. The molecule has 1 aromatic rings. The van der Waals surface area contributed by atoms with Gasteiger partial charge in [0.05, 0.1) is 12.2 Å². The number of nitrogens with two attached hydrogens (primary N) is 1. The number of amides is 4. The van der Waals surface area contributed by atoms with Crippen molar-refractivity contribution < 1.29 is 29.0 Å². The summed E-state index contributed by atoms with van der Waals surface area (Å²) in [6, 6.07) is 9.67. The average Bonchev–Trinajstić information content (AvgIpc) is 3.15. The monoisotopic (exact) mass is 716 g/mol. The van der Waals surface area contributed by atoms with E-state index in [2.05, 4.69) is 17.7 Å². The van der Waals surface area contributed by atoms with E-state index in [4.69, 9.17) is 15.2 Å². The number of nitrogens with zero attached hydrogens (tertiary/aromatic N) is 2. The fraction of sp³-hybridized carbons (Fsp3) is 0.775. The summed E-state index contributed by atoms with van der Waals surface area (Å²) < 4.78 is 10.8. The van der Waals surface area contributed by atoms with Crippen molar-refractivity contribution in [3.05, 3.63) is 35.9 Å². The Labute approximate surface area is 307 Å². The molecule has 2 aliphatic rings. The van der Waals surface area contributed by atoms with E-state index in [1.165, 1.54) is 37.1 Å². The molecule has 1 saturated carbocycles. The number of carbonyl (C=O) groups is 3. The van der Waals surface area contributed by atoms with Crippen molar-refractivity contribution in [3.63, 3.8) is 0 Å². The molecule has 290 valence electrons. The highest BCUT2D eigenvalue weighted by molar-refractivity contribution is 5.92. The fourth-order valence-electron chi connectivity index (χ4n) is 7.56. The molecule has 2 fully saturated rings. The quantitative estimate of drug-likeness (QED) is 0.0911. The number of piperidine rings is 1. The van der Waals surface area contributed by atoms with Crippen LogP contribution in [0.4, 0.5) is 4.79 Å². The Morgan fingerprint density at radius 3 is 2.37 bits per heavy atom. The van der Waals surface area contributed by atoms with E-state index in [0.29, 0.717) is 83.3 Å². The van der Waals surface area contributed by atoms with Gasteiger partial charge in [-0.1, -0.05) is 96.0 Å². The number of unbranched alkanes of at least 4 members (excludes halogenated alkanes) is 1. The second-order valence-electron chi connectivity index (χ2n) is 15.3. The highest BCUT2D eigenvalue weighted by Crippen LogP contribution is 2.30. The molecule has 0 spiro atoms. The minimum Gasteiger partial charge on any atom is -0.393 e. The van der Waals surface area contributed by atoms with Crippen LogP contribution in [0.25, 0.3) is 0 Å². The molecule has 11 heteroatoms. The topological polar surface area (TPSA) is 146 Å². The van der Waals surface area contributed by atoms with E-state index < -0.39 is 23.5 Å². The molecule has 11 nitrogen and oxygen atoms in total. The smallest absolute Gasteiger partial charge is 0.318 e. The van der Waals surface area contributed by atoms with Crippen LogP contribution < -0.4 is 16.5 Å². The van der Waals surface area contributed by atoms with Gasteiger partial charge < -0.3 is 30.5 Å². The average molecular weight is 716 g/mol. The van der Waals surface area contributed by atoms with E-state index in [1.807, 2.05) is 44.2 Å². The third-order valence-electron chi connectivity index (χ3n) is 10.9. The molecule has 1 aliphatic heterocycles. The predicted molar refractivity (Wildman–Crippen MR) is 201 cm³/mol. The van der Waals surface area contributed by atoms with Gasteiger partial charge >= 0.3 is 6.03 Å². The maximum absolute atomic E-state index is 14.7. The minimum absolute atomic E-state index is 0.0158. The summed E-state index contributed by atoms with van der Waals surface area (Å²) in [6.07, 6.45) is 12.5. The first-order valence-corrected chi connectivity index (χ1v) is 19.8. The molecule has 1 aliphatic carbocycles. The number of carbonyl (C=O) groups excluding carboxylic acids is 3. The number of ether oxygens (including phenoxy) is 2. The summed E-state index contributed by atoms with van der Waals surface area (Å²) in [7, 11) is 1.59. The van der Waals surface area contributed by atoms with Gasteiger partial charge in [0.25, 0.3) is 5.91 Å². The number of methoxy groups -OCH3 is 1. The number of urea groups is 1. The Balaban J connectivity index is 1.82. The molecule has 0 unspecified atom stereocenters. The zero-order valence-electron chi connectivity index (χ0n) is 32.1. The number of hydrazine groups is 1. The lowest BCUT2D eigenvalue weighted by Crippen LogP contribution is -2.65. The molecular formula is C40H69N5O6. The largest absolute Gasteiger partial charge is 0.393 e. The first-order valence-electron chi connectivity index (χ1n) is 19.8. The Kier molecular flexibility index (Phi) is 19.3. The molecule has 3 rings (SSSR count). The van der Waals surface area contributed by atoms with E-state index in [1.54, 1.807) is 12.0 Å². The van der Waals surface area contributed by atoms with Crippen LogP contribution in [0.1, 0.15) is 123 Å². The second kappa shape index (κ2) is 23.0. The summed E-state index contributed by atoms with van der Waals surface area (Å²) >= 11 is 0. The Hall–Kier alpha value is -2.73. The molecule has 4 amide bonds. The van der Waals surface area contributed by atoms with Gasteiger partial charge in [-0.25, -0.2) is 4.79 Å². The zero-order valence-corrected chi connectivity index (χ0v) is 32.1. The number of hydrogen-bond donors (Lipinski definition) is 4. The second-order valence-corrected chi connectivity index (χ2v) is 15.3. The van der Waals surface area contributed by atoms with Gasteiger partial charge in [0.1, 0.15) is 12.3 Å². The molecule has 0 aromatic heterocycles. The molecule has 1 saturated heterocycles. The van der Waals surface area contributed by atoms with Gasteiger partial charge in [0, 0.05) is 32.7 Å². The summed E-state index contributed by atoms with van der Waals surface area (Å²) in [4.78, 5) is 44.7. The van der Waals surface area contributed by atoms with E-state index in [9.17, 15) is 19.5 Å². The summed E-state index contributed by atoms with van der Waals surface area (Å²) in [5.41, 5.74) is 8.72. The molecule has 0 bridgehead atoms. The summed E-state index contributed by atoms with van der Waals surface area (Å²) in [5, 5.41) is 15.8. The maximum Gasteiger partial charge on any atom is 0.318 e. The number of aliphatic hydroxyl groups is 1. The number of likely N-dealkylation sites (tertiary alicyclic amines) is 1. The van der Waals surface area contributed by atoms with Gasteiger partial charge in [-0.2, -0.15) is 0 Å². The Morgan fingerprint density at radius 1 is 1.04 bits per heavy atom. The third-order valence-corrected chi connectivity index (χ3v) is 10.9. The first-order chi connectivity index (χ1) is 24.6. The van der Waals surface area contributed by atoms with E-state index in [0.717, 1.165) is 18.4 Å².